The molecule has 0 bridgehead atoms. The van der Waals surface area contributed by atoms with Gasteiger partial charge in [-0.15, -0.1) is 0 Å². The first-order valence-electron chi connectivity index (χ1n) is 21.9. The van der Waals surface area contributed by atoms with E-state index in [0.29, 0.717) is 34.0 Å². The zero-order valence-corrected chi connectivity index (χ0v) is 43.9. The average molecular weight is 873 g/mol. The minimum absolute atomic E-state index is 0.0638. The summed E-state index contributed by atoms with van der Waals surface area (Å²) in [6.45, 7) is 43.7. The van der Waals surface area contributed by atoms with Crippen LogP contribution in [0.4, 0.5) is 0 Å². The number of aromatic hydroxyl groups is 1. The molecule has 0 fully saturated rings. The lowest BCUT2D eigenvalue weighted by Crippen LogP contribution is -2.18. The number of carbonyl (C=O) groups is 1. The summed E-state index contributed by atoms with van der Waals surface area (Å²) < 4.78 is 16.5. The molecule has 0 aliphatic rings. The third-order valence-electron chi connectivity index (χ3n) is 10.5. The van der Waals surface area contributed by atoms with Crippen molar-refractivity contribution in [1.29, 1.82) is 0 Å². The van der Waals surface area contributed by atoms with Crippen LogP contribution in [0, 0.1) is 6.92 Å². The summed E-state index contributed by atoms with van der Waals surface area (Å²) in [4.78, 5) is 11.6. The molecule has 2 unspecified atom stereocenters. The molecule has 0 amide bonds. The van der Waals surface area contributed by atoms with Gasteiger partial charge >= 0.3 is 5.97 Å². The molecule has 338 valence electrons. The third kappa shape index (κ3) is 17.0. The van der Waals surface area contributed by atoms with Crippen LogP contribution in [0.1, 0.15) is 182 Å². The molecule has 4 aromatic rings. The number of aryl methyl sites for hydroxylation is 2. The quantitative estimate of drug-likeness (QED) is 0.141. The minimum Gasteiger partial charge on any atom is -0.507 e. The second-order valence-electron chi connectivity index (χ2n) is 22.5. The fourth-order valence-corrected chi connectivity index (χ4v) is 7.47. The van der Waals surface area contributed by atoms with Crippen molar-refractivity contribution in [2.75, 3.05) is 6.61 Å². The number of esters is 1. The summed E-state index contributed by atoms with van der Waals surface area (Å²) in [5.74, 6) is 2.15. The summed E-state index contributed by atoms with van der Waals surface area (Å²) in [6.07, 6.45) is 0.997. The lowest BCUT2D eigenvalue weighted by Gasteiger charge is -2.28. The third-order valence-corrected chi connectivity index (χ3v) is 11.6. The molecule has 0 heterocycles. The van der Waals surface area contributed by atoms with Crippen LogP contribution in [0.5, 0.6) is 17.2 Å². The lowest BCUT2D eigenvalue weighted by atomic mass is 9.78. The zero-order valence-electron chi connectivity index (χ0n) is 41.7. The Labute approximate surface area is 376 Å². The van der Waals surface area contributed by atoms with Gasteiger partial charge in [0.05, 0.1) is 16.1 Å². The Bertz CT molecular complexity index is 1990. The first kappa shape index (κ1) is 53.7. The molecule has 0 saturated heterocycles. The van der Waals surface area contributed by atoms with Gasteiger partial charge < -0.3 is 18.9 Å². The van der Waals surface area contributed by atoms with E-state index >= 15 is 0 Å². The van der Waals surface area contributed by atoms with Gasteiger partial charge in [-0.3, -0.25) is 4.79 Å². The molecular weight excluding hydrogens is 791 g/mol. The van der Waals surface area contributed by atoms with E-state index in [4.69, 9.17) is 13.8 Å². The Morgan fingerprint density at radius 2 is 0.984 bits per heavy atom. The van der Waals surface area contributed by atoms with Crippen LogP contribution in [0.15, 0.2) is 72.8 Å². The van der Waals surface area contributed by atoms with Crippen LogP contribution in [-0.2, 0) is 48.4 Å². The highest BCUT2D eigenvalue weighted by Gasteiger charge is 2.27. The van der Waals surface area contributed by atoms with Crippen molar-refractivity contribution in [3.8, 4) is 17.2 Å². The Morgan fingerprint density at radius 3 is 1.36 bits per heavy atom. The highest BCUT2D eigenvalue weighted by molar-refractivity contribution is 7.42. The van der Waals surface area contributed by atoms with Crippen molar-refractivity contribution < 1.29 is 23.7 Å². The van der Waals surface area contributed by atoms with Gasteiger partial charge in [-0.2, -0.15) is 0 Å². The predicted molar refractivity (Wildman–Crippen MR) is 268 cm³/mol. The number of rotatable bonds is 8. The van der Waals surface area contributed by atoms with Gasteiger partial charge in [-0.05, 0) is 92.7 Å². The first-order chi connectivity index (χ1) is 27.7. The van der Waals surface area contributed by atoms with Gasteiger partial charge in [-0.1, -0.05) is 191 Å². The molecule has 0 radical (unpaired) electrons. The fourth-order valence-electron chi connectivity index (χ4n) is 6.55. The van der Waals surface area contributed by atoms with Crippen molar-refractivity contribution >= 4 is 29.5 Å². The molecule has 0 saturated carbocycles. The van der Waals surface area contributed by atoms with E-state index in [-0.39, 0.29) is 38.5 Å². The molecule has 1 N–H and O–H groups in total. The maximum Gasteiger partial charge on any atom is 0.306 e. The van der Waals surface area contributed by atoms with Crippen molar-refractivity contribution in [2.45, 2.75) is 184 Å². The molecule has 0 aromatic heterocycles. The highest BCUT2D eigenvalue weighted by atomic mass is 31.1. The first-order valence-corrected chi connectivity index (χ1v) is 23.3. The molecular formula is C54H82O5P2. The number of hydrogen-bond donors (Lipinski definition) is 1. The summed E-state index contributed by atoms with van der Waals surface area (Å²) in [5.41, 5.74) is 9.66. The van der Waals surface area contributed by atoms with E-state index in [0.717, 1.165) is 28.2 Å². The van der Waals surface area contributed by atoms with E-state index in [1.165, 1.54) is 33.1 Å². The molecule has 2 atom stereocenters. The van der Waals surface area contributed by atoms with Crippen LogP contribution in [0.2, 0.25) is 0 Å². The van der Waals surface area contributed by atoms with Crippen LogP contribution in [0.3, 0.4) is 0 Å². The van der Waals surface area contributed by atoms with Gasteiger partial charge in [0.1, 0.15) is 26.1 Å². The maximum atomic E-state index is 11.6. The van der Waals surface area contributed by atoms with Gasteiger partial charge in [0.15, 0.2) is 0 Å². The Hall–Kier alpha value is -3.39. The number of ether oxygens (including phenoxy) is 1. The van der Waals surface area contributed by atoms with Crippen molar-refractivity contribution in [3.05, 3.63) is 117 Å². The summed E-state index contributed by atoms with van der Waals surface area (Å²) in [7, 11) is 2.67. The van der Waals surface area contributed by atoms with Crippen molar-refractivity contribution in [1.82, 2.24) is 0 Å². The number of benzene rings is 4. The fraction of sp³-hybridized carbons (Fsp3) is 0.537. The van der Waals surface area contributed by atoms with Crippen LogP contribution in [0.25, 0.3) is 0 Å². The topological polar surface area (TPSA) is 65.0 Å². The van der Waals surface area contributed by atoms with E-state index in [2.05, 4.69) is 202 Å². The van der Waals surface area contributed by atoms with Gasteiger partial charge in [0, 0.05) is 22.9 Å². The van der Waals surface area contributed by atoms with Gasteiger partial charge in [-0.25, -0.2) is 0 Å². The smallest absolute Gasteiger partial charge is 0.306 e. The number of hydrogen-bond acceptors (Lipinski definition) is 5. The predicted octanol–water partition coefficient (Wildman–Crippen LogP) is 14.8. The van der Waals surface area contributed by atoms with E-state index < -0.39 is 0 Å². The molecule has 4 aromatic carbocycles. The second kappa shape index (κ2) is 21.3. The summed E-state index contributed by atoms with van der Waals surface area (Å²) in [5, 5.41) is 11.9. The standard InChI is InChI=1S/C21H29OP.C19H30O3.C14H23OP/c1-15-8-11-17(12-9-15)23-22-19-13-10-16(20(2,3)4)14-18(19)21(5,6)7;1-8-22-16(20)10-9-13-11-14(18(2,3)4)17(21)15(12-13)19(5,6)7;1-13(2,3)10-7-8-12(15-16)11(9-10)14(4,5)6/h8-14,23H,1-7H3;11-12,21H,8-10H2,1-7H3;7-9H,16H2,1-6H3. The highest BCUT2D eigenvalue weighted by Crippen LogP contribution is 2.41. The van der Waals surface area contributed by atoms with E-state index in [1.54, 1.807) is 0 Å². The summed E-state index contributed by atoms with van der Waals surface area (Å²) in [6, 6.07) is 25.7. The Kier molecular flexibility index (Phi) is 18.8. The largest absolute Gasteiger partial charge is 0.507 e. The number of phenols is 1. The molecule has 0 aliphatic carbocycles. The van der Waals surface area contributed by atoms with Gasteiger partial charge in [0.25, 0.3) is 0 Å². The molecule has 0 spiro atoms. The second-order valence-corrected chi connectivity index (χ2v) is 23.7. The lowest BCUT2D eigenvalue weighted by molar-refractivity contribution is -0.143. The zero-order chi connectivity index (χ0) is 46.9. The summed E-state index contributed by atoms with van der Waals surface area (Å²) >= 11 is 0. The maximum absolute atomic E-state index is 11.6. The van der Waals surface area contributed by atoms with E-state index in [9.17, 15) is 9.90 Å². The minimum atomic E-state index is -0.176. The number of carbonyl (C=O) groups excluding carboxylic acids is 1. The average Bonchev–Trinajstić information content (AvgIpc) is 3.12. The molecule has 61 heavy (non-hydrogen) atoms. The van der Waals surface area contributed by atoms with Crippen LogP contribution in [-0.4, -0.2) is 17.7 Å². The van der Waals surface area contributed by atoms with Gasteiger partial charge in [0.2, 0.25) is 0 Å². The van der Waals surface area contributed by atoms with Crippen molar-refractivity contribution in [3.63, 3.8) is 0 Å². The van der Waals surface area contributed by atoms with Crippen molar-refractivity contribution in [2.24, 2.45) is 0 Å². The molecule has 0 aliphatic heterocycles. The molecule has 7 heteroatoms. The SMILES string of the molecule is CC(C)(C)c1ccc(OP)c(C(C)(C)C)c1.CCOC(=O)CCc1cc(C(C)(C)C)c(O)c(C(C)(C)C)c1.Cc1ccc(POc2ccc(C(C)(C)C)cc2C(C)(C)C)cc1. The normalized spacial score (nSPS) is 12.6. The monoisotopic (exact) mass is 873 g/mol. The Balaban J connectivity index is 0.000000321. The molecule has 4 rings (SSSR count). The van der Waals surface area contributed by atoms with Crippen LogP contribution < -0.4 is 14.4 Å². The number of phenolic OH excluding ortho intramolecular Hbond substituents is 1. The molecule has 5 nitrogen and oxygen atoms in total. The van der Waals surface area contributed by atoms with E-state index in [1.807, 2.05) is 19.1 Å². The Morgan fingerprint density at radius 1 is 0.574 bits per heavy atom. The van der Waals surface area contributed by atoms with Crippen LogP contribution >= 0.6 is 18.3 Å².